The third-order valence-electron chi connectivity index (χ3n) is 5.10. The molecule has 0 aromatic carbocycles. The van der Waals surface area contributed by atoms with Crippen molar-refractivity contribution in [2.75, 3.05) is 33.8 Å². The smallest absolute Gasteiger partial charge is 0.153 e. The van der Waals surface area contributed by atoms with E-state index in [2.05, 4.69) is 53.3 Å². The zero-order valence-electron chi connectivity index (χ0n) is 15.9. The number of rotatable bonds is 7. The third kappa shape index (κ3) is 3.23. The van der Waals surface area contributed by atoms with E-state index in [-0.39, 0.29) is 12.0 Å². The summed E-state index contributed by atoms with van der Waals surface area (Å²) in [7, 11) is 3.73. The van der Waals surface area contributed by atoms with Crippen molar-refractivity contribution in [1.82, 2.24) is 20.4 Å². The number of nitrogens with one attached hydrogen (secondary N) is 2. The number of aromatic amines is 1. The van der Waals surface area contributed by atoms with Crippen LogP contribution in [0.15, 0.2) is 28.5 Å². The second kappa shape index (κ2) is 7.44. The van der Waals surface area contributed by atoms with Crippen LogP contribution in [0.1, 0.15) is 26.0 Å². The van der Waals surface area contributed by atoms with E-state index >= 15 is 0 Å². The molecule has 2 N–H and O–H groups in total. The first-order valence-corrected chi connectivity index (χ1v) is 9.07. The fourth-order valence-corrected chi connectivity index (χ4v) is 3.84. The van der Waals surface area contributed by atoms with Gasteiger partial charge in [-0.15, -0.1) is 0 Å². The molecule has 0 spiro atoms. The Kier molecular flexibility index (Phi) is 5.27. The van der Waals surface area contributed by atoms with Gasteiger partial charge in [-0.3, -0.25) is 10.1 Å². The number of aryl methyl sites for hydroxylation is 1. The summed E-state index contributed by atoms with van der Waals surface area (Å²) in [6, 6.07) is 0.111. The molecular formula is C19H29N5O. The van der Waals surface area contributed by atoms with Gasteiger partial charge in [0.15, 0.2) is 5.49 Å². The highest BCUT2D eigenvalue weighted by atomic mass is 16.5. The SMILES string of the molecule is CCN(CCCNC)C1=c2c(C)n[nH]c2=NC2C(C)=CC(OC)=CC12. The predicted octanol–water partition coefficient (Wildman–Crippen LogP) is 0.866. The Labute approximate surface area is 149 Å². The number of allylic oxidation sites excluding steroid dienone is 1. The highest BCUT2D eigenvalue weighted by molar-refractivity contribution is 5.55. The summed E-state index contributed by atoms with van der Waals surface area (Å²) in [6.07, 6.45) is 5.41. The van der Waals surface area contributed by atoms with Gasteiger partial charge in [-0.25, -0.2) is 0 Å². The molecule has 2 aliphatic rings. The van der Waals surface area contributed by atoms with Gasteiger partial charge in [-0.1, -0.05) is 0 Å². The molecule has 6 heteroatoms. The van der Waals surface area contributed by atoms with Crippen LogP contribution < -0.4 is 16.0 Å². The first kappa shape index (κ1) is 17.7. The molecule has 136 valence electrons. The van der Waals surface area contributed by atoms with Crippen LogP contribution in [0, 0.1) is 12.8 Å². The van der Waals surface area contributed by atoms with Crippen LogP contribution in [0.4, 0.5) is 0 Å². The molecular weight excluding hydrogens is 314 g/mol. The molecule has 0 saturated heterocycles. The van der Waals surface area contributed by atoms with Crippen LogP contribution in [0.2, 0.25) is 0 Å². The van der Waals surface area contributed by atoms with Crippen LogP contribution in [-0.4, -0.2) is 54.9 Å². The fourth-order valence-electron chi connectivity index (χ4n) is 3.84. The molecule has 6 nitrogen and oxygen atoms in total. The van der Waals surface area contributed by atoms with Crippen molar-refractivity contribution in [3.05, 3.63) is 39.9 Å². The van der Waals surface area contributed by atoms with Crippen LogP contribution in [0.5, 0.6) is 0 Å². The topological polar surface area (TPSA) is 65.5 Å². The van der Waals surface area contributed by atoms with Gasteiger partial charge < -0.3 is 15.0 Å². The molecule has 1 aromatic rings. The lowest BCUT2D eigenvalue weighted by Crippen LogP contribution is -2.46. The van der Waals surface area contributed by atoms with Crippen molar-refractivity contribution in [2.24, 2.45) is 10.9 Å². The summed E-state index contributed by atoms with van der Waals surface area (Å²) in [4.78, 5) is 7.43. The minimum absolute atomic E-state index is 0.111. The van der Waals surface area contributed by atoms with Crippen molar-refractivity contribution in [3.8, 4) is 0 Å². The summed E-state index contributed by atoms with van der Waals surface area (Å²) in [6.45, 7) is 9.39. The summed E-state index contributed by atoms with van der Waals surface area (Å²) >= 11 is 0. The number of H-pyrrole nitrogens is 1. The Hall–Kier alpha value is -2.08. The van der Waals surface area contributed by atoms with Gasteiger partial charge in [0.25, 0.3) is 0 Å². The van der Waals surface area contributed by atoms with E-state index in [4.69, 9.17) is 9.73 Å². The molecule has 1 aliphatic heterocycles. The molecule has 0 bridgehead atoms. The molecule has 25 heavy (non-hydrogen) atoms. The normalized spacial score (nSPS) is 21.7. The van der Waals surface area contributed by atoms with E-state index < -0.39 is 0 Å². The first-order valence-electron chi connectivity index (χ1n) is 9.07. The van der Waals surface area contributed by atoms with Crippen molar-refractivity contribution >= 4 is 5.70 Å². The second-order valence-corrected chi connectivity index (χ2v) is 6.72. The Bertz CT molecular complexity index is 804. The predicted molar refractivity (Wildman–Crippen MR) is 99.4 cm³/mol. The maximum absolute atomic E-state index is 5.55. The van der Waals surface area contributed by atoms with Gasteiger partial charge in [0, 0.05) is 24.7 Å². The molecule has 0 amide bonds. The number of hydrogen-bond acceptors (Lipinski definition) is 5. The third-order valence-corrected chi connectivity index (χ3v) is 5.10. The van der Waals surface area contributed by atoms with Gasteiger partial charge >= 0.3 is 0 Å². The number of ether oxygens (including phenoxy) is 1. The number of fused-ring (bicyclic) bond motifs is 2. The lowest BCUT2D eigenvalue weighted by molar-refractivity contribution is 0.295. The highest BCUT2D eigenvalue weighted by Gasteiger charge is 2.34. The Balaban J connectivity index is 2.13. The lowest BCUT2D eigenvalue weighted by Gasteiger charge is -2.37. The first-order chi connectivity index (χ1) is 12.1. The van der Waals surface area contributed by atoms with Gasteiger partial charge in [0.2, 0.25) is 0 Å². The van der Waals surface area contributed by atoms with Crippen LogP contribution in [0.25, 0.3) is 5.70 Å². The molecule has 1 aliphatic carbocycles. The largest absolute Gasteiger partial charge is 0.497 e. The zero-order valence-corrected chi connectivity index (χ0v) is 15.9. The van der Waals surface area contributed by atoms with E-state index in [9.17, 15) is 0 Å². The molecule has 2 heterocycles. The summed E-state index contributed by atoms with van der Waals surface area (Å²) < 4.78 is 5.55. The van der Waals surface area contributed by atoms with Crippen LogP contribution in [-0.2, 0) is 4.74 Å². The second-order valence-electron chi connectivity index (χ2n) is 6.72. The quantitative estimate of drug-likeness (QED) is 0.721. The minimum Gasteiger partial charge on any atom is -0.497 e. The standard InChI is InChI=1S/C19H29N5O/c1-6-24(9-7-8-20-4)18-15-11-14(25-5)10-12(2)17(15)21-19-16(18)13(3)22-23-19/h10-11,15,17,20H,6-9H2,1-5H3,(H,21,23). The highest BCUT2D eigenvalue weighted by Crippen LogP contribution is 2.34. The lowest BCUT2D eigenvalue weighted by atomic mass is 9.83. The van der Waals surface area contributed by atoms with Crippen molar-refractivity contribution in [2.45, 2.75) is 33.2 Å². The Morgan fingerprint density at radius 2 is 2.16 bits per heavy atom. The van der Waals surface area contributed by atoms with Gasteiger partial charge in [-0.05, 0) is 58.5 Å². The maximum atomic E-state index is 5.55. The number of nitrogens with zero attached hydrogens (tertiary/aromatic N) is 3. The van der Waals surface area contributed by atoms with Crippen molar-refractivity contribution in [1.29, 1.82) is 0 Å². The molecule has 3 rings (SSSR count). The summed E-state index contributed by atoms with van der Waals surface area (Å²) in [5.74, 6) is 1.11. The molecule has 0 saturated carbocycles. The average molecular weight is 343 g/mol. The van der Waals surface area contributed by atoms with E-state index in [1.54, 1.807) is 7.11 Å². The molecule has 0 radical (unpaired) electrons. The monoisotopic (exact) mass is 343 g/mol. The molecule has 2 unspecified atom stereocenters. The number of methoxy groups -OCH3 is 1. The van der Waals surface area contributed by atoms with Gasteiger partial charge in [0.05, 0.1) is 24.1 Å². The summed E-state index contributed by atoms with van der Waals surface area (Å²) in [5.41, 5.74) is 4.47. The van der Waals surface area contributed by atoms with E-state index in [0.29, 0.717) is 0 Å². The maximum Gasteiger partial charge on any atom is 0.153 e. The molecule has 1 aromatic heterocycles. The van der Waals surface area contributed by atoms with E-state index in [0.717, 1.165) is 48.2 Å². The zero-order chi connectivity index (χ0) is 18.0. The Morgan fingerprint density at radius 3 is 2.84 bits per heavy atom. The minimum atomic E-state index is 0.111. The van der Waals surface area contributed by atoms with Crippen molar-refractivity contribution in [3.63, 3.8) is 0 Å². The number of aromatic nitrogens is 2. The molecule has 0 fully saturated rings. The van der Waals surface area contributed by atoms with Crippen LogP contribution in [0.3, 0.4) is 0 Å². The van der Waals surface area contributed by atoms with Gasteiger partial charge in [0.1, 0.15) is 5.76 Å². The number of hydrogen-bond donors (Lipinski definition) is 2. The van der Waals surface area contributed by atoms with E-state index in [1.807, 2.05) is 7.05 Å². The average Bonchev–Trinajstić information content (AvgIpc) is 2.98. The van der Waals surface area contributed by atoms with Crippen LogP contribution >= 0.6 is 0 Å². The Morgan fingerprint density at radius 1 is 1.36 bits per heavy atom. The van der Waals surface area contributed by atoms with E-state index in [1.165, 1.54) is 11.3 Å². The fraction of sp³-hybridized carbons (Fsp3) is 0.579. The van der Waals surface area contributed by atoms with Crippen molar-refractivity contribution < 1.29 is 4.74 Å². The molecule has 2 atom stereocenters. The van der Waals surface area contributed by atoms with Gasteiger partial charge in [-0.2, -0.15) is 5.10 Å². The summed E-state index contributed by atoms with van der Waals surface area (Å²) in [5, 5.41) is 12.0.